The van der Waals surface area contributed by atoms with Gasteiger partial charge in [0, 0.05) is 4.47 Å². The molecule has 2 aromatic rings. The van der Waals surface area contributed by atoms with Crippen LogP contribution in [0.3, 0.4) is 0 Å². The summed E-state index contributed by atoms with van der Waals surface area (Å²) in [4.78, 5) is 4.15. The van der Waals surface area contributed by atoms with E-state index in [9.17, 15) is 5.11 Å². The molecule has 0 aliphatic heterocycles. The molecular formula is C14H19BrN2O. The van der Waals surface area contributed by atoms with Crippen molar-refractivity contribution in [3.8, 4) is 0 Å². The van der Waals surface area contributed by atoms with Gasteiger partial charge in [0.25, 0.3) is 0 Å². The van der Waals surface area contributed by atoms with E-state index in [0.29, 0.717) is 5.92 Å². The highest BCUT2D eigenvalue weighted by atomic mass is 79.9. The smallest absolute Gasteiger partial charge is 0.0995 e. The van der Waals surface area contributed by atoms with Crippen LogP contribution in [0.5, 0.6) is 0 Å². The molecule has 0 aliphatic carbocycles. The maximum atomic E-state index is 10.6. The third-order valence-corrected chi connectivity index (χ3v) is 3.91. The number of nitrogens with zero attached hydrogens (tertiary/aromatic N) is 2. The summed E-state index contributed by atoms with van der Waals surface area (Å²) in [6.45, 7) is 4.29. The molecule has 0 saturated carbocycles. The van der Waals surface area contributed by atoms with Gasteiger partial charge in [0.15, 0.2) is 0 Å². The van der Waals surface area contributed by atoms with E-state index in [1.807, 2.05) is 22.7 Å². The number of pyridine rings is 1. The Hall–Kier alpha value is -0.870. The number of rotatable bonds is 5. The first-order valence-electron chi connectivity index (χ1n) is 6.47. The Bertz CT molecular complexity index is 523. The molecule has 3 nitrogen and oxygen atoms in total. The van der Waals surface area contributed by atoms with Crippen molar-refractivity contribution in [2.75, 3.05) is 0 Å². The molecule has 18 heavy (non-hydrogen) atoms. The molecule has 2 aromatic heterocycles. The number of aliphatic hydroxyl groups excluding tert-OH is 1. The summed E-state index contributed by atoms with van der Waals surface area (Å²) in [7, 11) is 0. The first kappa shape index (κ1) is 13.6. The van der Waals surface area contributed by atoms with Gasteiger partial charge in [-0.15, -0.1) is 0 Å². The van der Waals surface area contributed by atoms with E-state index in [1.54, 1.807) is 6.33 Å². The Morgan fingerprint density at radius 3 is 2.83 bits per heavy atom. The van der Waals surface area contributed by atoms with E-state index in [4.69, 9.17) is 0 Å². The topological polar surface area (TPSA) is 37.5 Å². The fourth-order valence-corrected chi connectivity index (χ4v) is 2.92. The second kappa shape index (κ2) is 5.85. The van der Waals surface area contributed by atoms with Crippen LogP contribution >= 0.6 is 15.9 Å². The van der Waals surface area contributed by atoms with Crippen LogP contribution < -0.4 is 0 Å². The van der Waals surface area contributed by atoms with Gasteiger partial charge < -0.3 is 9.51 Å². The van der Waals surface area contributed by atoms with Gasteiger partial charge in [-0.05, 0) is 24.5 Å². The van der Waals surface area contributed by atoms with Crippen LogP contribution in [0, 0.1) is 5.92 Å². The summed E-state index contributed by atoms with van der Waals surface area (Å²) in [5, 5.41) is 10.6. The summed E-state index contributed by atoms with van der Waals surface area (Å²) in [6.07, 6.45) is 6.25. The average Bonchev–Trinajstić information content (AvgIpc) is 2.82. The summed E-state index contributed by atoms with van der Waals surface area (Å²) in [5.41, 5.74) is 1.92. The van der Waals surface area contributed by atoms with Gasteiger partial charge in [-0.3, -0.25) is 0 Å². The molecule has 0 aliphatic rings. The van der Waals surface area contributed by atoms with Gasteiger partial charge in [-0.1, -0.05) is 42.6 Å². The van der Waals surface area contributed by atoms with Crippen molar-refractivity contribution in [2.45, 2.75) is 39.2 Å². The van der Waals surface area contributed by atoms with Crippen molar-refractivity contribution in [1.82, 2.24) is 9.38 Å². The summed E-state index contributed by atoms with van der Waals surface area (Å²) in [5.74, 6) is 0.301. The van der Waals surface area contributed by atoms with Crippen LogP contribution in [0.25, 0.3) is 5.52 Å². The van der Waals surface area contributed by atoms with Crippen LogP contribution in [0.2, 0.25) is 0 Å². The van der Waals surface area contributed by atoms with E-state index in [-0.39, 0.29) is 0 Å². The monoisotopic (exact) mass is 310 g/mol. The molecule has 0 saturated heterocycles. The molecule has 0 radical (unpaired) electrons. The van der Waals surface area contributed by atoms with Crippen LogP contribution in [-0.2, 0) is 0 Å². The Morgan fingerprint density at radius 1 is 1.39 bits per heavy atom. The summed E-state index contributed by atoms with van der Waals surface area (Å²) >= 11 is 3.49. The molecule has 1 N–H and O–H groups in total. The molecule has 0 fully saturated rings. The largest absolute Gasteiger partial charge is 0.387 e. The van der Waals surface area contributed by atoms with Gasteiger partial charge in [-0.2, -0.15) is 0 Å². The number of aromatic nitrogens is 2. The minimum atomic E-state index is -0.441. The molecule has 98 valence electrons. The molecule has 2 heterocycles. The van der Waals surface area contributed by atoms with Gasteiger partial charge in [0.1, 0.15) is 0 Å². The van der Waals surface area contributed by atoms with Gasteiger partial charge >= 0.3 is 0 Å². The Labute approximate surface area is 116 Å². The third-order valence-electron chi connectivity index (χ3n) is 3.45. The number of imidazole rings is 1. The molecule has 0 spiro atoms. The number of halogens is 1. The fourth-order valence-electron chi connectivity index (χ4n) is 2.45. The maximum absolute atomic E-state index is 10.6. The highest BCUT2D eigenvalue weighted by Gasteiger charge is 2.21. The quantitative estimate of drug-likeness (QED) is 0.907. The van der Waals surface area contributed by atoms with E-state index in [0.717, 1.165) is 34.9 Å². The van der Waals surface area contributed by atoms with Crippen LogP contribution in [-0.4, -0.2) is 14.5 Å². The predicted molar refractivity (Wildman–Crippen MR) is 76.5 cm³/mol. The second-order valence-electron chi connectivity index (χ2n) is 4.69. The van der Waals surface area contributed by atoms with Gasteiger partial charge in [-0.25, -0.2) is 4.98 Å². The van der Waals surface area contributed by atoms with E-state index >= 15 is 0 Å². The second-order valence-corrected chi connectivity index (χ2v) is 5.60. The van der Waals surface area contributed by atoms with Crippen molar-refractivity contribution in [3.05, 3.63) is 34.8 Å². The molecule has 0 amide bonds. The van der Waals surface area contributed by atoms with E-state index in [2.05, 4.69) is 34.8 Å². The van der Waals surface area contributed by atoms with Crippen molar-refractivity contribution in [3.63, 3.8) is 0 Å². The van der Waals surface area contributed by atoms with E-state index < -0.39 is 6.10 Å². The van der Waals surface area contributed by atoms with Crippen LogP contribution in [0.15, 0.2) is 29.1 Å². The van der Waals surface area contributed by atoms with Crippen molar-refractivity contribution >= 4 is 21.4 Å². The summed E-state index contributed by atoms with van der Waals surface area (Å²) in [6, 6.07) is 3.99. The standard InChI is InChI=1S/C14H19BrN2O/c1-3-5-10(4-2)14(18)13-7-11(15)6-12-8-16-9-17(12)13/h6-10,14,18H,3-5H2,1-2H3. The molecule has 4 heteroatoms. The Balaban J connectivity index is 2.42. The molecule has 2 unspecified atom stereocenters. The highest BCUT2D eigenvalue weighted by molar-refractivity contribution is 9.10. The fraction of sp³-hybridized carbons (Fsp3) is 0.500. The lowest BCUT2D eigenvalue weighted by Crippen LogP contribution is -2.15. The molecule has 2 rings (SSSR count). The van der Waals surface area contributed by atoms with Crippen LogP contribution in [0.1, 0.15) is 44.9 Å². The molecule has 2 atom stereocenters. The minimum absolute atomic E-state index is 0.301. The lowest BCUT2D eigenvalue weighted by atomic mass is 9.92. The zero-order valence-electron chi connectivity index (χ0n) is 10.8. The zero-order chi connectivity index (χ0) is 13.1. The molecule has 0 aromatic carbocycles. The Kier molecular flexibility index (Phi) is 4.40. The Morgan fingerprint density at radius 2 is 2.17 bits per heavy atom. The first-order chi connectivity index (χ1) is 8.67. The van der Waals surface area contributed by atoms with E-state index in [1.165, 1.54) is 0 Å². The van der Waals surface area contributed by atoms with Crippen LogP contribution in [0.4, 0.5) is 0 Å². The molecular weight excluding hydrogens is 292 g/mol. The van der Waals surface area contributed by atoms with Crippen molar-refractivity contribution in [2.24, 2.45) is 5.92 Å². The minimum Gasteiger partial charge on any atom is -0.387 e. The number of fused-ring (bicyclic) bond motifs is 1. The lowest BCUT2D eigenvalue weighted by Gasteiger charge is -2.22. The highest BCUT2D eigenvalue weighted by Crippen LogP contribution is 2.30. The lowest BCUT2D eigenvalue weighted by molar-refractivity contribution is 0.0947. The number of aliphatic hydroxyl groups is 1. The average molecular weight is 311 g/mol. The number of hydrogen-bond acceptors (Lipinski definition) is 2. The predicted octanol–water partition coefficient (Wildman–Crippen LogP) is 3.96. The maximum Gasteiger partial charge on any atom is 0.0995 e. The summed E-state index contributed by atoms with van der Waals surface area (Å²) < 4.78 is 2.95. The first-order valence-corrected chi connectivity index (χ1v) is 7.26. The van der Waals surface area contributed by atoms with Gasteiger partial charge in [0.2, 0.25) is 0 Å². The normalized spacial score (nSPS) is 14.9. The zero-order valence-corrected chi connectivity index (χ0v) is 12.4. The van der Waals surface area contributed by atoms with Crippen molar-refractivity contribution < 1.29 is 5.11 Å². The third kappa shape index (κ3) is 2.59. The van der Waals surface area contributed by atoms with Crippen molar-refractivity contribution in [1.29, 1.82) is 0 Å². The van der Waals surface area contributed by atoms with Gasteiger partial charge in [0.05, 0.1) is 29.8 Å². The number of hydrogen-bond donors (Lipinski definition) is 1. The SMILES string of the molecule is CCCC(CC)C(O)c1cc(Br)cc2cncn12. The molecule has 0 bridgehead atoms.